The van der Waals surface area contributed by atoms with Crippen molar-refractivity contribution in [2.45, 2.75) is 25.8 Å². The van der Waals surface area contributed by atoms with Crippen molar-refractivity contribution in [2.24, 2.45) is 0 Å². The molecule has 1 N–H and O–H groups in total. The fourth-order valence-corrected chi connectivity index (χ4v) is 3.69. The zero-order valence-corrected chi connectivity index (χ0v) is 15.8. The van der Waals surface area contributed by atoms with Crippen molar-refractivity contribution in [3.8, 4) is 11.5 Å². The van der Waals surface area contributed by atoms with Crippen LogP contribution in [0.2, 0.25) is 5.02 Å². The van der Waals surface area contributed by atoms with Crippen LogP contribution >= 0.6 is 11.6 Å². The number of pyridine rings is 1. The summed E-state index contributed by atoms with van der Waals surface area (Å²) in [6.07, 6.45) is 4.46. The van der Waals surface area contributed by atoms with E-state index in [0.29, 0.717) is 36.3 Å². The number of nitrogens with zero attached hydrogens (tertiary/aromatic N) is 2. The lowest BCUT2D eigenvalue weighted by Gasteiger charge is -2.20. The van der Waals surface area contributed by atoms with E-state index >= 15 is 0 Å². The number of amides is 1. The molecule has 6 nitrogen and oxygen atoms in total. The van der Waals surface area contributed by atoms with Crippen LogP contribution in [0, 0.1) is 0 Å². The van der Waals surface area contributed by atoms with Gasteiger partial charge in [0.05, 0.1) is 11.4 Å². The van der Waals surface area contributed by atoms with Gasteiger partial charge in [0.15, 0.2) is 11.5 Å². The molecule has 1 aromatic carbocycles. The first kappa shape index (κ1) is 17.9. The molecule has 1 saturated heterocycles. The van der Waals surface area contributed by atoms with Gasteiger partial charge in [-0.05, 0) is 48.2 Å². The number of hydrogen-bond donors (Lipinski definition) is 1. The smallest absolute Gasteiger partial charge is 0.224 e. The normalized spacial score (nSPS) is 15.7. The van der Waals surface area contributed by atoms with E-state index in [1.54, 1.807) is 12.3 Å². The van der Waals surface area contributed by atoms with Crippen LogP contribution in [-0.2, 0) is 17.8 Å². The van der Waals surface area contributed by atoms with Crippen molar-refractivity contribution in [3.63, 3.8) is 0 Å². The summed E-state index contributed by atoms with van der Waals surface area (Å²) in [4.78, 5) is 19.1. The number of hydrogen-bond acceptors (Lipinski definition) is 5. The number of fused-ring (bicyclic) bond motifs is 1. The van der Waals surface area contributed by atoms with Crippen LogP contribution < -0.4 is 19.7 Å². The van der Waals surface area contributed by atoms with E-state index in [9.17, 15) is 4.79 Å². The van der Waals surface area contributed by atoms with Crippen LogP contribution in [-0.4, -0.2) is 37.2 Å². The van der Waals surface area contributed by atoms with Crippen molar-refractivity contribution < 1.29 is 14.3 Å². The summed E-state index contributed by atoms with van der Waals surface area (Å²) in [5.41, 5.74) is 1.84. The Labute approximate surface area is 163 Å². The number of carbonyl (C=O) groups is 1. The van der Waals surface area contributed by atoms with Crippen LogP contribution in [0.25, 0.3) is 0 Å². The first-order chi connectivity index (χ1) is 13.2. The van der Waals surface area contributed by atoms with Crippen LogP contribution in [0.3, 0.4) is 0 Å². The average molecular weight is 388 g/mol. The van der Waals surface area contributed by atoms with Crippen LogP contribution in [0.4, 0.5) is 5.82 Å². The Hall–Kier alpha value is -2.47. The summed E-state index contributed by atoms with van der Waals surface area (Å²) in [5, 5.41) is 3.44. The molecular weight excluding hydrogens is 366 g/mol. The highest BCUT2D eigenvalue weighted by atomic mass is 35.5. The van der Waals surface area contributed by atoms with Crippen LogP contribution in [0.5, 0.6) is 11.5 Å². The lowest BCUT2D eigenvalue weighted by molar-refractivity contribution is -0.120. The van der Waals surface area contributed by atoms with Crippen molar-refractivity contribution in [3.05, 3.63) is 46.6 Å². The van der Waals surface area contributed by atoms with Gasteiger partial charge in [0.2, 0.25) is 5.91 Å². The second-order valence-corrected chi connectivity index (χ2v) is 7.18. The quantitative estimate of drug-likeness (QED) is 0.854. The second kappa shape index (κ2) is 8.05. The predicted octanol–water partition coefficient (Wildman–Crippen LogP) is 2.97. The highest BCUT2D eigenvalue weighted by molar-refractivity contribution is 6.32. The number of anilines is 1. The van der Waals surface area contributed by atoms with Gasteiger partial charge in [-0.2, -0.15) is 0 Å². The van der Waals surface area contributed by atoms with Crippen molar-refractivity contribution >= 4 is 23.3 Å². The zero-order chi connectivity index (χ0) is 18.6. The van der Waals surface area contributed by atoms with Crippen molar-refractivity contribution in [1.29, 1.82) is 0 Å². The van der Waals surface area contributed by atoms with Gasteiger partial charge in [-0.1, -0.05) is 11.6 Å². The van der Waals surface area contributed by atoms with E-state index in [-0.39, 0.29) is 12.3 Å². The maximum absolute atomic E-state index is 12.4. The summed E-state index contributed by atoms with van der Waals surface area (Å²) in [6.45, 7) is 3.54. The number of carbonyl (C=O) groups excluding carboxylic acids is 1. The lowest BCUT2D eigenvalue weighted by atomic mass is 10.1. The molecule has 3 heterocycles. The summed E-state index contributed by atoms with van der Waals surface area (Å²) >= 11 is 6.24. The summed E-state index contributed by atoms with van der Waals surface area (Å²) in [6, 6.07) is 7.55. The molecule has 0 aliphatic carbocycles. The molecule has 0 bridgehead atoms. The third kappa shape index (κ3) is 4.27. The number of halogens is 1. The first-order valence-electron chi connectivity index (χ1n) is 9.23. The number of benzene rings is 1. The van der Waals surface area contributed by atoms with Crippen molar-refractivity contribution in [1.82, 2.24) is 10.3 Å². The summed E-state index contributed by atoms with van der Waals surface area (Å²) in [7, 11) is 0. The molecule has 1 fully saturated rings. The van der Waals surface area contributed by atoms with E-state index in [1.165, 1.54) is 12.8 Å². The third-order valence-corrected chi connectivity index (χ3v) is 5.03. The topological polar surface area (TPSA) is 63.7 Å². The molecule has 2 aromatic rings. The molecule has 7 heteroatoms. The molecule has 142 valence electrons. The van der Waals surface area contributed by atoms with Gasteiger partial charge in [-0.15, -0.1) is 0 Å². The molecule has 4 rings (SSSR count). The van der Waals surface area contributed by atoms with Gasteiger partial charge >= 0.3 is 0 Å². The Morgan fingerprint density at radius 1 is 1.15 bits per heavy atom. The lowest BCUT2D eigenvalue weighted by Crippen LogP contribution is -2.25. The molecule has 0 unspecified atom stereocenters. The minimum Gasteiger partial charge on any atom is -0.486 e. The predicted molar refractivity (Wildman–Crippen MR) is 104 cm³/mol. The zero-order valence-electron chi connectivity index (χ0n) is 15.0. The molecular formula is C20H22ClN3O3. The molecule has 0 atom stereocenters. The Morgan fingerprint density at radius 3 is 2.81 bits per heavy atom. The highest BCUT2D eigenvalue weighted by Gasteiger charge is 2.18. The fraction of sp³-hybridized carbons (Fsp3) is 0.400. The molecule has 2 aliphatic heterocycles. The van der Waals surface area contributed by atoms with Crippen LogP contribution in [0.15, 0.2) is 30.5 Å². The highest BCUT2D eigenvalue weighted by Crippen LogP contribution is 2.38. The second-order valence-electron chi connectivity index (χ2n) is 6.77. The van der Waals surface area contributed by atoms with E-state index < -0.39 is 0 Å². The maximum atomic E-state index is 12.4. The summed E-state index contributed by atoms with van der Waals surface area (Å²) in [5.74, 6) is 2.07. The van der Waals surface area contributed by atoms with E-state index in [2.05, 4.69) is 15.2 Å². The molecule has 0 spiro atoms. The number of ether oxygens (including phenoxy) is 2. The summed E-state index contributed by atoms with van der Waals surface area (Å²) < 4.78 is 11.1. The van der Waals surface area contributed by atoms with Crippen molar-refractivity contribution in [2.75, 3.05) is 31.2 Å². The van der Waals surface area contributed by atoms with Gasteiger partial charge in [-0.25, -0.2) is 4.98 Å². The van der Waals surface area contributed by atoms with Crippen LogP contribution in [0.1, 0.15) is 24.0 Å². The Bertz CT molecular complexity index is 837. The fourth-order valence-electron chi connectivity index (χ4n) is 3.40. The largest absolute Gasteiger partial charge is 0.486 e. The van der Waals surface area contributed by atoms with Gasteiger partial charge in [0.25, 0.3) is 0 Å². The standard InChI is InChI=1S/C20H22ClN3O3/c21-16-9-15(10-17-20(16)27-8-7-26-17)12-19(25)23-13-14-3-4-22-18(11-14)24-5-1-2-6-24/h3-4,9-11H,1-2,5-8,12-13H2,(H,23,25). The molecule has 0 saturated carbocycles. The molecule has 1 aromatic heterocycles. The molecule has 27 heavy (non-hydrogen) atoms. The first-order valence-corrected chi connectivity index (χ1v) is 9.61. The third-order valence-electron chi connectivity index (χ3n) is 4.75. The van der Waals surface area contributed by atoms with Gasteiger partial charge in [0, 0.05) is 25.8 Å². The Morgan fingerprint density at radius 2 is 1.96 bits per heavy atom. The number of aromatic nitrogens is 1. The molecule has 2 aliphatic rings. The molecule has 1 amide bonds. The van der Waals surface area contributed by atoms with Gasteiger partial charge in [-0.3, -0.25) is 4.79 Å². The van der Waals surface area contributed by atoms with Gasteiger partial charge < -0.3 is 19.7 Å². The molecule has 0 radical (unpaired) electrons. The Balaban J connectivity index is 1.36. The number of nitrogens with one attached hydrogen (secondary N) is 1. The minimum absolute atomic E-state index is 0.0673. The van der Waals surface area contributed by atoms with Gasteiger partial charge in [0.1, 0.15) is 19.0 Å². The monoisotopic (exact) mass is 387 g/mol. The SMILES string of the molecule is O=C(Cc1cc(Cl)c2c(c1)OCCO2)NCc1ccnc(N2CCCC2)c1. The number of rotatable bonds is 5. The maximum Gasteiger partial charge on any atom is 0.224 e. The minimum atomic E-state index is -0.0673. The van der Waals surface area contributed by atoms with E-state index in [1.807, 2.05) is 18.2 Å². The van der Waals surface area contributed by atoms with E-state index in [4.69, 9.17) is 21.1 Å². The Kier molecular flexibility index (Phi) is 5.34. The average Bonchev–Trinajstić information content (AvgIpc) is 3.22. The van der Waals surface area contributed by atoms with E-state index in [0.717, 1.165) is 30.0 Å².